The van der Waals surface area contributed by atoms with Crippen LogP contribution >= 0.6 is 11.3 Å². The Labute approximate surface area is 174 Å². The smallest absolute Gasteiger partial charge is 0.271 e. The van der Waals surface area contributed by atoms with E-state index < -0.39 is 0 Å². The lowest BCUT2D eigenvalue weighted by Crippen LogP contribution is -2.23. The number of benzene rings is 1. The summed E-state index contributed by atoms with van der Waals surface area (Å²) in [5.74, 6) is 1.74. The maximum absolute atomic E-state index is 12.5. The van der Waals surface area contributed by atoms with Crippen molar-refractivity contribution in [3.8, 4) is 22.1 Å². The number of thiazole rings is 1. The number of carbonyl (C=O) groups is 1. The summed E-state index contributed by atoms with van der Waals surface area (Å²) >= 11 is 1.42. The standard InChI is InChI=1S/C21H26N4O3S/c1-14(2)7-8-28-18-6-5-15(9-19(18)27-4)10-22-20(26)17-13-29-21(24-17)16-11-23-25(3)12-16/h5-6,9,11-14H,7-8,10H2,1-4H3,(H,22,26). The van der Waals surface area contributed by atoms with Gasteiger partial charge in [0, 0.05) is 30.7 Å². The van der Waals surface area contributed by atoms with Crippen molar-refractivity contribution in [2.24, 2.45) is 13.0 Å². The number of hydrogen-bond donors (Lipinski definition) is 1. The van der Waals surface area contributed by atoms with Crippen LogP contribution in [-0.2, 0) is 13.6 Å². The van der Waals surface area contributed by atoms with Gasteiger partial charge in [-0.1, -0.05) is 19.9 Å². The number of nitrogens with zero attached hydrogens (tertiary/aromatic N) is 3. The predicted molar refractivity (Wildman–Crippen MR) is 113 cm³/mol. The van der Waals surface area contributed by atoms with Crippen LogP contribution in [0.2, 0.25) is 0 Å². The van der Waals surface area contributed by atoms with Gasteiger partial charge in [0.25, 0.3) is 5.91 Å². The van der Waals surface area contributed by atoms with Crippen LogP contribution in [0.3, 0.4) is 0 Å². The number of hydrogen-bond acceptors (Lipinski definition) is 6. The monoisotopic (exact) mass is 414 g/mol. The number of amides is 1. The molecule has 29 heavy (non-hydrogen) atoms. The number of aromatic nitrogens is 3. The van der Waals surface area contributed by atoms with Crippen molar-refractivity contribution in [3.05, 3.63) is 47.2 Å². The highest BCUT2D eigenvalue weighted by Crippen LogP contribution is 2.28. The van der Waals surface area contributed by atoms with Crippen LogP contribution < -0.4 is 14.8 Å². The molecule has 8 heteroatoms. The molecular weight excluding hydrogens is 388 g/mol. The van der Waals surface area contributed by atoms with Crippen LogP contribution in [-0.4, -0.2) is 34.4 Å². The average Bonchev–Trinajstić information content (AvgIpc) is 3.35. The second-order valence-corrected chi connectivity index (χ2v) is 8.00. The van der Waals surface area contributed by atoms with Crippen LogP contribution in [0.5, 0.6) is 11.5 Å². The van der Waals surface area contributed by atoms with Gasteiger partial charge >= 0.3 is 0 Å². The molecule has 0 fully saturated rings. The lowest BCUT2D eigenvalue weighted by Gasteiger charge is -2.13. The van der Waals surface area contributed by atoms with Gasteiger partial charge < -0.3 is 14.8 Å². The van der Waals surface area contributed by atoms with E-state index in [1.807, 2.05) is 31.4 Å². The van der Waals surface area contributed by atoms with Crippen molar-refractivity contribution in [1.82, 2.24) is 20.1 Å². The van der Waals surface area contributed by atoms with Gasteiger partial charge in [-0.3, -0.25) is 9.48 Å². The SMILES string of the molecule is COc1cc(CNC(=O)c2csc(-c3cnn(C)c3)n2)ccc1OCCC(C)C. The number of methoxy groups -OCH3 is 1. The van der Waals surface area contributed by atoms with E-state index >= 15 is 0 Å². The summed E-state index contributed by atoms with van der Waals surface area (Å²) in [5.41, 5.74) is 2.22. The lowest BCUT2D eigenvalue weighted by molar-refractivity contribution is 0.0946. The van der Waals surface area contributed by atoms with Crippen molar-refractivity contribution < 1.29 is 14.3 Å². The zero-order chi connectivity index (χ0) is 20.8. The molecule has 2 heterocycles. The first-order chi connectivity index (χ1) is 14.0. The molecule has 7 nitrogen and oxygen atoms in total. The molecule has 0 aliphatic heterocycles. The molecule has 3 rings (SSSR count). The summed E-state index contributed by atoms with van der Waals surface area (Å²) in [6, 6.07) is 5.69. The molecule has 154 valence electrons. The van der Waals surface area contributed by atoms with Gasteiger partial charge in [-0.15, -0.1) is 11.3 Å². The van der Waals surface area contributed by atoms with Crippen LogP contribution in [0.1, 0.15) is 36.3 Å². The minimum absolute atomic E-state index is 0.215. The van der Waals surface area contributed by atoms with Gasteiger partial charge in [0.1, 0.15) is 10.7 Å². The van der Waals surface area contributed by atoms with Crippen molar-refractivity contribution >= 4 is 17.2 Å². The van der Waals surface area contributed by atoms with Gasteiger partial charge in [-0.05, 0) is 30.0 Å². The van der Waals surface area contributed by atoms with Crippen LogP contribution in [0.4, 0.5) is 0 Å². The Morgan fingerprint density at radius 2 is 2.14 bits per heavy atom. The second-order valence-electron chi connectivity index (χ2n) is 7.14. The Bertz CT molecular complexity index is 964. The number of aryl methyl sites for hydroxylation is 1. The van der Waals surface area contributed by atoms with Gasteiger partial charge in [0.2, 0.25) is 0 Å². The van der Waals surface area contributed by atoms with Crippen LogP contribution in [0, 0.1) is 5.92 Å². The molecule has 0 unspecified atom stereocenters. The fraction of sp³-hybridized carbons (Fsp3) is 0.381. The highest BCUT2D eigenvalue weighted by molar-refractivity contribution is 7.13. The molecule has 1 amide bonds. The van der Waals surface area contributed by atoms with E-state index in [1.54, 1.807) is 23.4 Å². The van der Waals surface area contributed by atoms with Crippen molar-refractivity contribution in [1.29, 1.82) is 0 Å². The van der Waals surface area contributed by atoms with Crippen molar-refractivity contribution in [2.75, 3.05) is 13.7 Å². The molecule has 0 spiro atoms. The fourth-order valence-corrected chi connectivity index (χ4v) is 3.44. The number of nitrogens with one attached hydrogen (secondary N) is 1. The Hall–Kier alpha value is -2.87. The van der Waals surface area contributed by atoms with Crippen LogP contribution in [0.25, 0.3) is 10.6 Å². The Balaban J connectivity index is 1.59. The summed E-state index contributed by atoms with van der Waals surface area (Å²) < 4.78 is 12.9. The first-order valence-corrected chi connectivity index (χ1v) is 10.4. The maximum atomic E-state index is 12.5. The third-order valence-corrected chi connectivity index (χ3v) is 5.21. The van der Waals surface area contributed by atoms with E-state index in [1.165, 1.54) is 11.3 Å². The van der Waals surface area contributed by atoms with E-state index in [2.05, 4.69) is 29.2 Å². The van der Waals surface area contributed by atoms with E-state index in [0.717, 1.165) is 22.6 Å². The minimum atomic E-state index is -0.215. The first-order valence-electron chi connectivity index (χ1n) is 9.48. The molecule has 2 aromatic heterocycles. The Morgan fingerprint density at radius 1 is 1.31 bits per heavy atom. The third kappa shape index (κ3) is 5.57. The average molecular weight is 415 g/mol. The van der Waals surface area contributed by atoms with Gasteiger partial charge in [0.15, 0.2) is 11.5 Å². The summed E-state index contributed by atoms with van der Waals surface area (Å²) in [6.07, 6.45) is 4.59. The molecule has 0 bridgehead atoms. The summed E-state index contributed by atoms with van der Waals surface area (Å²) in [5, 5.41) is 9.56. The van der Waals surface area contributed by atoms with Gasteiger partial charge in [0.05, 0.1) is 19.9 Å². The summed E-state index contributed by atoms with van der Waals surface area (Å²) in [7, 11) is 3.46. The highest BCUT2D eigenvalue weighted by Gasteiger charge is 2.13. The topological polar surface area (TPSA) is 78.3 Å². The molecule has 0 aliphatic rings. The molecule has 0 saturated heterocycles. The molecule has 1 aromatic carbocycles. The van der Waals surface area contributed by atoms with Gasteiger partial charge in [-0.25, -0.2) is 4.98 Å². The molecular formula is C21H26N4O3S. The lowest BCUT2D eigenvalue weighted by atomic mass is 10.1. The maximum Gasteiger partial charge on any atom is 0.271 e. The quantitative estimate of drug-likeness (QED) is 0.574. The third-order valence-electron chi connectivity index (χ3n) is 4.32. The first kappa shape index (κ1) is 20.9. The Kier molecular flexibility index (Phi) is 6.87. The Morgan fingerprint density at radius 3 is 2.83 bits per heavy atom. The molecule has 0 atom stereocenters. The second kappa shape index (κ2) is 9.56. The number of ether oxygens (including phenoxy) is 2. The number of carbonyl (C=O) groups excluding carboxylic acids is 1. The molecule has 1 N–H and O–H groups in total. The highest BCUT2D eigenvalue weighted by atomic mass is 32.1. The van der Waals surface area contributed by atoms with E-state index in [0.29, 0.717) is 36.3 Å². The molecule has 3 aromatic rings. The minimum Gasteiger partial charge on any atom is -0.493 e. The molecule has 0 aliphatic carbocycles. The van der Waals surface area contributed by atoms with E-state index in [9.17, 15) is 4.79 Å². The molecule has 0 radical (unpaired) electrons. The summed E-state index contributed by atoms with van der Waals surface area (Å²) in [4.78, 5) is 16.9. The van der Waals surface area contributed by atoms with Crippen molar-refractivity contribution in [2.45, 2.75) is 26.8 Å². The van der Waals surface area contributed by atoms with Gasteiger partial charge in [-0.2, -0.15) is 5.10 Å². The molecule has 0 saturated carbocycles. The van der Waals surface area contributed by atoms with E-state index in [-0.39, 0.29) is 5.91 Å². The zero-order valence-corrected chi connectivity index (χ0v) is 18.0. The largest absolute Gasteiger partial charge is 0.493 e. The predicted octanol–water partition coefficient (Wildman–Crippen LogP) is 3.91. The van der Waals surface area contributed by atoms with Crippen LogP contribution in [0.15, 0.2) is 36.0 Å². The van der Waals surface area contributed by atoms with Crippen molar-refractivity contribution in [3.63, 3.8) is 0 Å². The fourth-order valence-electron chi connectivity index (χ4n) is 2.66. The number of rotatable bonds is 9. The zero-order valence-electron chi connectivity index (χ0n) is 17.1. The summed E-state index contributed by atoms with van der Waals surface area (Å²) in [6.45, 7) is 5.34. The normalized spacial score (nSPS) is 10.9. The van der Waals surface area contributed by atoms with E-state index in [4.69, 9.17) is 9.47 Å².